The topological polar surface area (TPSA) is 96.2 Å². The Labute approximate surface area is 194 Å². The maximum Gasteiger partial charge on any atom is 0.344 e. The van der Waals surface area contributed by atoms with Gasteiger partial charge < -0.3 is 14.9 Å². The second kappa shape index (κ2) is 9.53. The Kier molecular flexibility index (Phi) is 7.66. The molecular weight excluding hydrogens is 426 g/mol. The summed E-state index contributed by atoms with van der Waals surface area (Å²) in [6, 6.07) is 3.75. The van der Waals surface area contributed by atoms with E-state index < -0.39 is 11.9 Å². The molecule has 0 saturated carbocycles. The summed E-state index contributed by atoms with van der Waals surface area (Å²) in [6.07, 6.45) is 1.92. The number of phenols is 1. The number of carbonyl (C=O) groups is 2. The van der Waals surface area contributed by atoms with Gasteiger partial charge in [-0.3, -0.25) is 4.79 Å². The van der Waals surface area contributed by atoms with E-state index in [4.69, 9.17) is 4.74 Å². The van der Waals surface area contributed by atoms with Crippen molar-refractivity contribution in [3.8, 4) is 5.75 Å². The molecule has 6 nitrogen and oxygen atoms in total. The molecule has 2 N–H and O–H groups in total. The molecule has 0 aliphatic carbocycles. The van der Waals surface area contributed by atoms with Gasteiger partial charge in [-0.25, -0.2) is 9.79 Å². The number of amides is 1. The van der Waals surface area contributed by atoms with Gasteiger partial charge in [0, 0.05) is 17.5 Å². The first-order chi connectivity index (χ1) is 14.7. The van der Waals surface area contributed by atoms with Crippen LogP contribution in [0.2, 0.25) is 0 Å². The maximum absolute atomic E-state index is 12.4. The van der Waals surface area contributed by atoms with Gasteiger partial charge in [0.15, 0.2) is 0 Å². The van der Waals surface area contributed by atoms with E-state index in [2.05, 4.69) is 4.99 Å². The van der Waals surface area contributed by atoms with Crippen molar-refractivity contribution in [1.82, 2.24) is 0 Å². The van der Waals surface area contributed by atoms with Gasteiger partial charge in [0.2, 0.25) is 5.91 Å². The number of hydrogen-bond acceptors (Lipinski definition) is 6. The van der Waals surface area contributed by atoms with Gasteiger partial charge in [0.05, 0.1) is 11.5 Å². The summed E-state index contributed by atoms with van der Waals surface area (Å²) < 4.78 is 5.06. The lowest BCUT2D eigenvalue weighted by Gasteiger charge is -2.28. The van der Waals surface area contributed by atoms with E-state index >= 15 is 0 Å². The van der Waals surface area contributed by atoms with Crippen molar-refractivity contribution < 1.29 is 24.5 Å². The van der Waals surface area contributed by atoms with E-state index in [0.29, 0.717) is 4.91 Å². The molecule has 2 rings (SSSR count). The van der Waals surface area contributed by atoms with Crippen molar-refractivity contribution in [2.45, 2.75) is 72.6 Å². The Morgan fingerprint density at radius 2 is 1.56 bits per heavy atom. The highest BCUT2D eigenvalue weighted by atomic mass is 32.2. The largest absolute Gasteiger partial charge is 0.507 e. The number of aliphatic hydroxyl groups excluding tert-OH is 1. The normalized spacial score (nSPS) is 17.4. The molecule has 0 saturated heterocycles. The van der Waals surface area contributed by atoms with Crippen LogP contribution in [0.15, 0.2) is 33.4 Å². The molecule has 0 atom stereocenters. The van der Waals surface area contributed by atoms with Crippen LogP contribution in [0.4, 0.5) is 0 Å². The number of nitrogens with zero attached hydrogens (tertiary/aromatic N) is 1. The fourth-order valence-corrected chi connectivity index (χ4v) is 4.25. The van der Waals surface area contributed by atoms with Gasteiger partial charge in [-0.2, -0.15) is 0 Å². The molecule has 174 valence electrons. The third kappa shape index (κ3) is 5.63. The minimum atomic E-state index is -0.722. The van der Waals surface area contributed by atoms with Crippen LogP contribution >= 0.6 is 11.8 Å². The monoisotopic (exact) mass is 459 g/mol. The Morgan fingerprint density at radius 3 is 2.00 bits per heavy atom. The van der Waals surface area contributed by atoms with E-state index in [1.165, 1.54) is 0 Å². The van der Waals surface area contributed by atoms with Gasteiger partial charge >= 0.3 is 5.97 Å². The number of thioether (sulfide) groups is 1. The van der Waals surface area contributed by atoms with E-state index in [1.807, 2.05) is 53.7 Å². The number of rotatable bonds is 4. The zero-order valence-corrected chi connectivity index (χ0v) is 20.9. The van der Waals surface area contributed by atoms with Crippen molar-refractivity contribution in [3.63, 3.8) is 0 Å². The summed E-state index contributed by atoms with van der Waals surface area (Å²) in [6.45, 7) is 15.6. The molecule has 1 aliphatic heterocycles. The van der Waals surface area contributed by atoms with Crippen molar-refractivity contribution in [3.05, 3.63) is 45.1 Å². The number of hydrogen-bond donors (Lipinski definition) is 2. The second-order valence-electron chi connectivity index (χ2n) is 9.68. The van der Waals surface area contributed by atoms with Gasteiger partial charge in [0.25, 0.3) is 0 Å². The van der Waals surface area contributed by atoms with Crippen LogP contribution in [0.1, 0.15) is 78.5 Å². The molecule has 0 unspecified atom stereocenters. The van der Waals surface area contributed by atoms with Crippen molar-refractivity contribution in [2.24, 2.45) is 4.99 Å². The Morgan fingerprint density at radius 1 is 1.03 bits per heavy atom. The first kappa shape index (κ1) is 25.7. The summed E-state index contributed by atoms with van der Waals surface area (Å²) in [4.78, 5) is 28.7. The lowest BCUT2D eigenvalue weighted by molar-refractivity contribution is -0.138. The molecule has 1 aliphatic rings. The number of benzene rings is 1. The number of phenolic OH excluding ortho intramolecular Hbond substituents is 1. The molecule has 7 heteroatoms. The predicted molar refractivity (Wildman–Crippen MR) is 130 cm³/mol. The molecule has 0 fully saturated rings. The van der Waals surface area contributed by atoms with Crippen LogP contribution in [0.25, 0.3) is 6.08 Å². The van der Waals surface area contributed by atoms with Gasteiger partial charge in [-0.05, 0) is 41.5 Å². The fraction of sp³-hybridized carbons (Fsp3) is 0.480. The first-order valence-corrected chi connectivity index (χ1v) is 11.5. The quantitative estimate of drug-likeness (QED) is 0.554. The minimum absolute atomic E-state index is 0.101. The molecule has 1 aromatic carbocycles. The third-order valence-electron chi connectivity index (χ3n) is 4.94. The summed E-state index contributed by atoms with van der Waals surface area (Å²) in [5.41, 5.74) is 1.60. The van der Waals surface area contributed by atoms with Gasteiger partial charge in [-0.15, -0.1) is 0 Å². The summed E-state index contributed by atoms with van der Waals surface area (Å²) in [7, 11) is 0. The Bertz CT molecular complexity index is 985. The van der Waals surface area contributed by atoms with Gasteiger partial charge in [-0.1, -0.05) is 60.2 Å². The molecule has 0 aromatic heterocycles. The highest BCUT2D eigenvalue weighted by molar-refractivity contribution is 8.18. The van der Waals surface area contributed by atoms with Crippen LogP contribution in [-0.4, -0.2) is 33.7 Å². The zero-order valence-electron chi connectivity index (χ0n) is 20.1. The smallest absolute Gasteiger partial charge is 0.344 e. The highest BCUT2D eigenvalue weighted by Gasteiger charge is 2.34. The average Bonchev–Trinajstić information content (AvgIpc) is 2.96. The van der Waals surface area contributed by atoms with Crippen molar-refractivity contribution in [2.75, 3.05) is 6.61 Å². The summed E-state index contributed by atoms with van der Waals surface area (Å²) >= 11 is 1.05. The van der Waals surface area contributed by atoms with Gasteiger partial charge in [0.1, 0.15) is 22.1 Å². The highest BCUT2D eigenvalue weighted by Crippen LogP contribution is 2.43. The predicted octanol–water partition coefficient (Wildman–Crippen LogP) is 5.79. The van der Waals surface area contributed by atoms with Crippen LogP contribution in [0.5, 0.6) is 5.75 Å². The molecule has 0 spiro atoms. The molecule has 1 heterocycles. The van der Waals surface area contributed by atoms with E-state index in [-0.39, 0.29) is 46.0 Å². The second-order valence-corrected chi connectivity index (χ2v) is 10.7. The summed E-state index contributed by atoms with van der Waals surface area (Å²) in [5.74, 6) is -1.12. The standard InChI is InChI=1S/C25H33NO5S/c1-9-18(27)26-22-19(23(30)31-10-2)21(29)17(32-22)13-14-11-15(24(3,4)5)20(28)16(12-14)25(6,7)8/h11-13,28-29H,9-10H2,1-8H3/b17-13-,26-22?. The number of ether oxygens (including phenoxy) is 1. The number of aliphatic imine (C=N–C) groups is 1. The van der Waals surface area contributed by atoms with Crippen molar-refractivity contribution >= 4 is 34.8 Å². The number of esters is 1. The van der Waals surface area contributed by atoms with Crippen LogP contribution in [0, 0.1) is 0 Å². The Balaban J connectivity index is 2.70. The molecule has 1 aromatic rings. The van der Waals surface area contributed by atoms with Crippen LogP contribution < -0.4 is 0 Å². The van der Waals surface area contributed by atoms with Crippen molar-refractivity contribution in [1.29, 1.82) is 0 Å². The molecule has 0 bridgehead atoms. The fourth-order valence-electron chi connectivity index (χ4n) is 3.22. The summed E-state index contributed by atoms with van der Waals surface area (Å²) in [5, 5.41) is 21.9. The molecule has 0 radical (unpaired) electrons. The minimum Gasteiger partial charge on any atom is -0.507 e. The SMILES string of the molecule is CCOC(=O)C1=C(O)/C(=C/c2cc(C(C)(C)C)c(O)c(C(C)(C)C)c2)SC1=NC(=O)CC. The Hall–Kier alpha value is -2.54. The molecular formula is C25H33NO5S. The molecule has 32 heavy (non-hydrogen) atoms. The first-order valence-electron chi connectivity index (χ1n) is 10.7. The zero-order chi connectivity index (χ0) is 24.4. The van der Waals surface area contributed by atoms with Crippen LogP contribution in [0.3, 0.4) is 0 Å². The average molecular weight is 460 g/mol. The lowest BCUT2D eigenvalue weighted by atomic mass is 9.78. The van der Waals surface area contributed by atoms with E-state index in [0.717, 1.165) is 28.5 Å². The lowest BCUT2D eigenvalue weighted by Crippen LogP contribution is -2.17. The van der Waals surface area contributed by atoms with Crippen LogP contribution in [-0.2, 0) is 25.2 Å². The number of carbonyl (C=O) groups excluding carboxylic acids is 2. The molecule has 1 amide bonds. The van der Waals surface area contributed by atoms with E-state index in [1.54, 1.807) is 19.9 Å². The number of aromatic hydroxyl groups is 1. The van der Waals surface area contributed by atoms with E-state index in [9.17, 15) is 19.8 Å². The number of aliphatic hydroxyl groups is 1. The maximum atomic E-state index is 12.4. The third-order valence-corrected chi connectivity index (χ3v) is 5.96.